The first-order valence-corrected chi connectivity index (χ1v) is 8.18. The van der Waals surface area contributed by atoms with Crippen LogP contribution in [0.3, 0.4) is 0 Å². The molecule has 0 radical (unpaired) electrons. The Hall–Kier alpha value is -2.17. The number of carbonyl (C=O) groups excluding carboxylic acids is 2. The number of nitrogens with one attached hydrogen (secondary N) is 1. The van der Waals surface area contributed by atoms with Gasteiger partial charge in [-0.1, -0.05) is 18.6 Å². The van der Waals surface area contributed by atoms with E-state index in [4.69, 9.17) is 5.11 Å². The Morgan fingerprint density at radius 3 is 2.52 bits per heavy atom. The van der Waals surface area contributed by atoms with Crippen LogP contribution in [0.1, 0.15) is 37.7 Å². The average molecular weight is 315 g/mol. The van der Waals surface area contributed by atoms with E-state index in [0.29, 0.717) is 29.9 Å². The molecule has 0 spiro atoms. The minimum atomic E-state index is -0.896. The lowest BCUT2D eigenvalue weighted by Crippen LogP contribution is -2.40. The van der Waals surface area contributed by atoms with Crippen molar-refractivity contribution >= 4 is 23.3 Å². The second-order valence-electron chi connectivity index (χ2n) is 6.66. The largest absolute Gasteiger partial charge is 0.481 e. The topological polar surface area (TPSA) is 83.5 Å². The van der Waals surface area contributed by atoms with Crippen LogP contribution in [0.25, 0.3) is 0 Å². The molecule has 1 amide bonds. The van der Waals surface area contributed by atoms with Gasteiger partial charge in [0.15, 0.2) is 0 Å². The standard InChI is InChI=1S/C18H21NO4/c20-16(21)8-11-3-1-6-15(7-11)19-18(23)14-9-12-4-2-5-13(10-14)17(12)22/h1,3,6-7,12-14H,2,4-5,8-10H2,(H,19,23)(H,20,21). The molecule has 23 heavy (non-hydrogen) atoms. The molecule has 2 fully saturated rings. The molecule has 2 bridgehead atoms. The zero-order valence-electron chi connectivity index (χ0n) is 13.0. The number of hydrogen-bond acceptors (Lipinski definition) is 3. The van der Waals surface area contributed by atoms with E-state index in [0.717, 1.165) is 19.3 Å². The molecule has 2 aliphatic rings. The zero-order chi connectivity index (χ0) is 16.4. The molecule has 2 aliphatic carbocycles. The molecule has 2 N–H and O–H groups in total. The zero-order valence-corrected chi connectivity index (χ0v) is 13.0. The highest BCUT2D eigenvalue weighted by atomic mass is 16.4. The first-order chi connectivity index (χ1) is 11.0. The lowest BCUT2D eigenvalue weighted by Gasteiger charge is -2.36. The SMILES string of the molecule is O=C(O)Cc1cccc(NC(=O)C2CC3CCCC(C2)C3=O)c1. The Labute approximate surface area is 135 Å². The summed E-state index contributed by atoms with van der Waals surface area (Å²) in [5.41, 5.74) is 1.28. The van der Waals surface area contributed by atoms with E-state index >= 15 is 0 Å². The van der Waals surface area contributed by atoms with Crippen LogP contribution < -0.4 is 5.32 Å². The van der Waals surface area contributed by atoms with Gasteiger partial charge in [-0.2, -0.15) is 0 Å². The smallest absolute Gasteiger partial charge is 0.307 e. The van der Waals surface area contributed by atoms with Crippen LogP contribution in [-0.4, -0.2) is 22.8 Å². The van der Waals surface area contributed by atoms with Gasteiger partial charge < -0.3 is 10.4 Å². The monoisotopic (exact) mass is 315 g/mol. The summed E-state index contributed by atoms with van der Waals surface area (Å²) in [5, 5.41) is 11.7. The molecule has 3 rings (SSSR count). The fourth-order valence-corrected chi connectivity index (χ4v) is 3.87. The predicted octanol–water partition coefficient (Wildman–Crippen LogP) is 2.65. The van der Waals surface area contributed by atoms with E-state index in [1.165, 1.54) is 0 Å². The second kappa shape index (κ2) is 6.52. The van der Waals surface area contributed by atoms with Crippen LogP contribution >= 0.6 is 0 Å². The average Bonchev–Trinajstić information content (AvgIpc) is 2.46. The Kier molecular flexibility index (Phi) is 4.46. The van der Waals surface area contributed by atoms with Crippen molar-refractivity contribution in [3.8, 4) is 0 Å². The lowest BCUT2D eigenvalue weighted by molar-refractivity contribution is -0.137. The van der Waals surface area contributed by atoms with Crippen LogP contribution in [-0.2, 0) is 20.8 Å². The van der Waals surface area contributed by atoms with Crippen molar-refractivity contribution in [2.75, 3.05) is 5.32 Å². The number of benzene rings is 1. The third-order valence-electron chi connectivity index (χ3n) is 4.97. The van der Waals surface area contributed by atoms with Gasteiger partial charge in [-0.25, -0.2) is 0 Å². The summed E-state index contributed by atoms with van der Waals surface area (Å²) in [6.45, 7) is 0. The lowest BCUT2D eigenvalue weighted by atomic mass is 9.67. The molecule has 5 heteroatoms. The Morgan fingerprint density at radius 2 is 1.87 bits per heavy atom. The van der Waals surface area contributed by atoms with E-state index < -0.39 is 5.97 Å². The molecule has 2 atom stereocenters. The summed E-state index contributed by atoms with van der Waals surface area (Å²) >= 11 is 0. The number of hydrogen-bond donors (Lipinski definition) is 2. The quantitative estimate of drug-likeness (QED) is 0.894. The molecule has 1 aromatic carbocycles. The van der Waals surface area contributed by atoms with Crippen LogP contribution in [0.15, 0.2) is 24.3 Å². The third-order valence-corrected chi connectivity index (χ3v) is 4.97. The van der Waals surface area contributed by atoms with Gasteiger partial charge in [0.05, 0.1) is 6.42 Å². The predicted molar refractivity (Wildman–Crippen MR) is 85.0 cm³/mol. The van der Waals surface area contributed by atoms with Crippen LogP contribution in [0.5, 0.6) is 0 Å². The highest BCUT2D eigenvalue weighted by molar-refractivity contribution is 5.95. The van der Waals surface area contributed by atoms with Gasteiger partial charge in [0.2, 0.25) is 5.91 Å². The van der Waals surface area contributed by atoms with Crippen molar-refractivity contribution < 1.29 is 19.5 Å². The first kappa shape index (κ1) is 15.7. The minimum absolute atomic E-state index is 0.0524. The van der Waals surface area contributed by atoms with Crippen LogP contribution in [0, 0.1) is 17.8 Å². The van der Waals surface area contributed by atoms with Gasteiger partial charge in [-0.15, -0.1) is 0 Å². The van der Waals surface area contributed by atoms with Crippen molar-refractivity contribution in [1.29, 1.82) is 0 Å². The Bertz CT molecular complexity index is 624. The summed E-state index contributed by atoms with van der Waals surface area (Å²) in [5.74, 6) is -0.614. The third kappa shape index (κ3) is 3.60. The van der Waals surface area contributed by atoms with Crippen molar-refractivity contribution in [2.24, 2.45) is 17.8 Å². The highest BCUT2D eigenvalue weighted by Crippen LogP contribution is 2.40. The van der Waals surface area contributed by atoms with Gasteiger partial charge in [0.1, 0.15) is 5.78 Å². The van der Waals surface area contributed by atoms with Crippen molar-refractivity contribution in [2.45, 2.75) is 38.5 Å². The molecule has 0 aromatic heterocycles. The summed E-state index contributed by atoms with van der Waals surface area (Å²) in [4.78, 5) is 35.4. The van der Waals surface area contributed by atoms with Crippen molar-refractivity contribution in [1.82, 2.24) is 0 Å². The van der Waals surface area contributed by atoms with Crippen molar-refractivity contribution in [3.05, 3.63) is 29.8 Å². The number of carboxylic acids is 1. The molecular formula is C18H21NO4. The number of carbonyl (C=O) groups is 3. The van der Waals surface area contributed by atoms with Gasteiger partial charge in [-0.3, -0.25) is 14.4 Å². The molecule has 1 aromatic rings. The molecule has 0 aliphatic heterocycles. The van der Waals surface area contributed by atoms with Crippen LogP contribution in [0.2, 0.25) is 0 Å². The number of anilines is 1. The molecular weight excluding hydrogens is 294 g/mol. The number of ketones is 1. The van der Waals surface area contributed by atoms with E-state index in [9.17, 15) is 14.4 Å². The number of aliphatic carboxylic acids is 1. The number of carboxylic acid groups (broad SMARTS) is 1. The summed E-state index contributed by atoms with van der Waals surface area (Å²) in [7, 11) is 0. The van der Waals surface area contributed by atoms with E-state index in [2.05, 4.69) is 5.32 Å². The number of amides is 1. The van der Waals surface area contributed by atoms with Crippen LogP contribution in [0.4, 0.5) is 5.69 Å². The van der Waals surface area contributed by atoms with Gasteiger partial charge >= 0.3 is 5.97 Å². The molecule has 2 unspecified atom stereocenters. The van der Waals surface area contributed by atoms with E-state index in [1.807, 2.05) is 0 Å². The molecule has 0 saturated heterocycles. The normalized spacial score (nSPS) is 26.6. The van der Waals surface area contributed by atoms with Gasteiger partial charge in [0.25, 0.3) is 0 Å². The maximum absolute atomic E-state index is 12.5. The molecule has 122 valence electrons. The maximum atomic E-state index is 12.5. The number of fused-ring (bicyclic) bond motifs is 2. The number of Topliss-reactive ketones (excluding diaryl/α,β-unsaturated/α-hetero) is 1. The molecule has 2 saturated carbocycles. The van der Waals surface area contributed by atoms with Gasteiger partial charge in [0, 0.05) is 23.4 Å². The number of rotatable bonds is 4. The Balaban J connectivity index is 1.65. The molecule has 0 heterocycles. The summed E-state index contributed by atoms with van der Waals surface area (Å²) in [6, 6.07) is 6.93. The fraction of sp³-hybridized carbons (Fsp3) is 0.500. The Morgan fingerprint density at radius 1 is 1.17 bits per heavy atom. The molecule has 5 nitrogen and oxygen atoms in total. The van der Waals surface area contributed by atoms with E-state index in [-0.39, 0.29) is 30.1 Å². The van der Waals surface area contributed by atoms with Gasteiger partial charge in [-0.05, 0) is 43.4 Å². The fourth-order valence-electron chi connectivity index (χ4n) is 3.87. The summed E-state index contributed by atoms with van der Waals surface area (Å²) in [6.07, 6.45) is 4.14. The summed E-state index contributed by atoms with van der Waals surface area (Å²) < 4.78 is 0. The maximum Gasteiger partial charge on any atom is 0.307 e. The minimum Gasteiger partial charge on any atom is -0.481 e. The highest BCUT2D eigenvalue weighted by Gasteiger charge is 2.41. The van der Waals surface area contributed by atoms with E-state index in [1.54, 1.807) is 24.3 Å². The first-order valence-electron chi connectivity index (χ1n) is 8.18. The second-order valence-corrected chi connectivity index (χ2v) is 6.66. The van der Waals surface area contributed by atoms with Crippen molar-refractivity contribution in [3.63, 3.8) is 0 Å².